The average molecular weight is 310 g/mol. The summed E-state index contributed by atoms with van der Waals surface area (Å²) in [5.41, 5.74) is 2.88. The number of rotatable bonds is 4. The van der Waals surface area contributed by atoms with Crippen molar-refractivity contribution < 1.29 is 0 Å². The van der Waals surface area contributed by atoms with E-state index >= 15 is 0 Å². The summed E-state index contributed by atoms with van der Waals surface area (Å²) in [7, 11) is 2.01. The lowest BCUT2D eigenvalue weighted by molar-refractivity contribution is 0.856. The number of hydrogen-bond acceptors (Lipinski definition) is 5. The van der Waals surface area contributed by atoms with Gasteiger partial charge in [-0.1, -0.05) is 6.07 Å². The van der Waals surface area contributed by atoms with Crippen molar-refractivity contribution in [2.24, 2.45) is 0 Å². The highest BCUT2D eigenvalue weighted by Gasteiger charge is 2.12. The number of anilines is 1. The van der Waals surface area contributed by atoms with Crippen molar-refractivity contribution in [2.75, 3.05) is 11.9 Å². The van der Waals surface area contributed by atoms with E-state index in [0.717, 1.165) is 28.2 Å². The number of nitrogens with zero attached hydrogens (tertiary/aromatic N) is 4. The lowest BCUT2D eigenvalue weighted by Gasteiger charge is -2.17. The summed E-state index contributed by atoms with van der Waals surface area (Å²) < 4.78 is 0. The first kappa shape index (κ1) is 13.0. The number of aromatic nitrogens is 5. The molecular formula is C15H14N6S. The zero-order valence-electron chi connectivity index (χ0n) is 11.9. The van der Waals surface area contributed by atoms with Crippen LogP contribution >= 0.6 is 11.3 Å². The first-order valence-electron chi connectivity index (χ1n) is 6.88. The fourth-order valence-electron chi connectivity index (χ4n) is 2.49. The molecule has 4 aromatic rings. The van der Waals surface area contributed by atoms with Crippen LogP contribution in [0.4, 0.5) is 5.82 Å². The molecule has 0 aliphatic heterocycles. The molecule has 0 bridgehead atoms. The topological polar surface area (TPSA) is 73.5 Å². The minimum Gasteiger partial charge on any atom is -0.353 e. The zero-order valence-corrected chi connectivity index (χ0v) is 12.8. The Morgan fingerprint density at radius 3 is 3.09 bits per heavy atom. The molecule has 4 rings (SSSR count). The maximum absolute atomic E-state index is 4.39. The van der Waals surface area contributed by atoms with E-state index in [0.29, 0.717) is 6.54 Å². The molecule has 0 aliphatic carbocycles. The first-order chi connectivity index (χ1) is 10.8. The van der Waals surface area contributed by atoms with E-state index in [1.54, 1.807) is 17.7 Å². The Morgan fingerprint density at radius 2 is 2.23 bits per heavy atom. The van der Waals surface area contributed by atoms with Crippen molar-refractivity contribution >= 4 is 28.2 Å². The number of H-pyrrole nitrogens is 2. The van der Waals surface area contributed by atoms with Crippen molar-refractivity contribution in [3.63, 3.8) is 0 Å². The molecule has 0 spiro atoms. The van der Waals surface area contributed by atoms with Gasteiger partial charge in [0.25, 0.3) is 0 Å². The third kappa shape index (κ3) is 2.25. The van der Waals surface area contributed by atoms with Gasteiger partial charge in [-0.05, 0) is 23.6 Å². The molecule has 0 saturated heterocycles. The summed E-state index contributed by atoms with van der Waals surface area (Å²) in [6, 6.07) is 8.18. The molecular weight excluding hydrogens is 296 g/mol. The van der Waals surface area contributed by atoms with Crippen LogP contribution in [0.2, 0.25) is 0 Å². The smallest absolute Gasteiger partial charge is 0.142 e. The highest BCUT2D eigenvalue weighted by Crippen LogP contribution is 2.25. The summed E-state index contributed by atoms with van der Waals surface area (Å²) in [6.45, 7) is 0.704. The molecule has 0 saturated carbocycles. The SMILES string of the molecule is CN(Cc1cc(-c2cccs2)n[nH]1)c1ncnc2[nH]ccc12. The molecule has 4 aromatic heterocycles. The minimum atomic E-state index is 0.704. The van der Waals surface area contributed by atoms with Crippen molar-refractivity contribution in [3.05, 3.63) is 47.9 Å². The van der Waals surface area contributed by atoms with Gasteiger partial charge in [-0.15, -0.1) is 11.3 Å². The monoisotopic (exact) mass is 310 g/mol. The third-order valence-electron chi connectivity index (χ3n) is 3.51. The van der Waals surface area contributed by atoms with Crippen LogP contribution in [-0.2, 0) is 6.54 Å². The lowest BCUT2D eigenvalue weighted by Crippen LogP contribution is -2.18. The van der Waals surface area contributed by atoms with Crippen molar-refractivity contribution in [1.82, 2.24) is 25.1 Å². The summed E-state index contributed by atoms with van der Waals surface area (Å²) >= 11 is 1.69. The van der Waals surface area contributed by atoms with Crippen molar-refractivity contribution in [2.45, 2.75) is 6.54 Å². The zero-order chi connectivity index (χ0) is 14.9. The van der Waals surface area contributed by atoms with Crippen LogP contribution in [0.25, 0.3) is 21.6 Å². The van der Waals surface area contributed by atoms with Crippen LogP contribution in [0, 0.1) is 0 Å². The summed E-state index contributed by atoms with van der Waals surface area (Å²) in [5, 5.41) is 10.5. The Labute approximate surface area is 130 Å². The molecule has 0 unspecified atom stereocenters. The van der Waals surface area contributed by atoms with E-state index < -0.39 is 0 Å². The quantitative estimate of drug-likeness (QED) is 0.607. The van der Waals surface area contributed by atoms with E-state index in [1.165, 1.54) is 4.88 Å². The molecule has 0 radical (unpaired) electrons. The number of aromatic amines is 2. The lowest BCUT2D eigenvalue weighted by atomic mass is 10.3. The van der Waals surface area contributed by atoms with Crippen LogP contribution in [-0.4, -0.2) is 32.2 Å². The van der Waals surface area contributed by atoms with Gasteiger partial charge in [0, 0.05) is 13.2 Å². The molecule has 6 nitrogen and oxygen atoms in total. The molecule has 7 heteroatoms. The Hall–Kier alpha value is -2.67. The maximum atomic E-state index is 4.39. The summed E-state index contributed by atoms with van der Waals surface area (Å²) in [5.74, 6) is 0.901. The fourth-order valence-corrected chi connectivity index (χ4v) is 3.17. The van der Waals surface area contributed by atoms with E-state index in [1.807, 2.05) is 25.4 Å². The highest BCUT2D eigenvalue weighted by atomic mass is 32.1. The Morgan fingerprint density at radius 1 is 1.27 bits per heavy atom. The Kier molecular flexibility index (Phi) is 3.12. The number of thiophene rings is 1. The number of hydrogen-bond donors (Lipinski definition) is 2. The van der Waals surface area contributed by atoms with Crippen LogP contribution in [0.15, 0.2) is 42.2 Å². The largest absolute Gasteiger partial charge is 0.353 e. The van der Waals surface area contributed by atoms with Gasteiger partial charge in [-0.3, -0.25) is 5.10 Å². The van der Waals surface area contributed by atoms with E-state index in [9.17, 15) is 0 Å². The Bertz CT molecular complexity index is 892. The summed E-state index contributed by atoms with van der Waals surface area (Å²) in [4.78, 5) is 15.0. The predicted molar refractivity (Wildman–Crippen MR) is 87.9 cm³/mol. The second-order valence-electron chi connectivity index (χ2n) is 5.05. The fraction of sp³-hybridized carbons (Fsp3) is 0.133. The molecule has 22 heavy (non-hydrogen) atoms. The second-order valence-corrected chi connectivity index (χ2v) is 6.00. The second kappa shape index (κ2) is 5.27. The maximum Gasteiger partial charge on any atom is 0.142 e. The third-order valence-corrected chi connectivity index (χ3v) is 4.40. The molecule has 0 fully saturated rings. The molecule has 110 valence electrons. The number of fused-ring (bicyclic) bond motifs is 1. The van der Waals surface area contributed by atoms with Crippen LogP contribution in [0.3, 0.4) is 0 Å². The predicted octanol–water partition coefficient (Wildman–Crippen LogP) is 3.05. The van der Waals surface area contributed by atoms with Gasteiger partial charge in [0.1, 0.15) is 23.5 Å². The van der Waals surface area contributed by atoms with Gasteiger partial charge < -0.3 is 9.88 Å². The molecule has 4 heterocycles. The van der Waals surface area contributed by atoms with Crippen LogP contribution in [0.1, 0.15) is 5.69 Å². The van der Waals surface area contributed by atoms with E-state index in [2.05, 4.69) is 47.6 Å². The van der Waals surface area contributed by atoms with Gasteiger partial charge in [0.15, 0.2) is 0 Å². The molecule has 0 aromatic carbocycles. The average Bonchev–Trinajstić information content (AvgIpc) is 3.27. The van der Waals surface area contributed by atoms with Crippen LogP contribution in [0.5, 0.6) is 0 Å². The van der Waals surface area contributed by atoms with Gasteiger partial charge in [-0.2, -0.15) is 5.10 Å². The van der Waals surface area contributed by atoms with Gasteiger partial charge in [0.2, 0.25) is 0 Å². The van der Waals surface area contributed by atoms with Gasteiger partial charge in [-0.25, -0.2) is 9.97 Å². The first-order valence-corrected chi connectivity index (χ1v) is 7.76. The van der Waals surface area contributed by atoms with Crippen molar-refractivity contribution in [3.8, 4) is 10.6 Å². The molecule has 0 amide bonds. The normalized spacial score (nSPS) is 11.1. The molecule has 0 atom stereocenters. The molecule has 0 aliphatic rings. The summed E-state index contributed by atoms with van der Waals surface area (Å²) in [6.07, 6.45) is 3.45. The van der Waals surface area contributed by atoms with Gasteiger partial charge >= 0.3 is 0 Å². The highest BCUT2D eigenvalue weighted by molar-refractivity contribution is 7.13. The van der Waals surface area contributed by atoms with Crippen LogP contribution < -0.4 is 4.90 Å². The minimum absolute atomic E-state index is 0.704. The number of nitrogens with one attached hydrogen (secondary N) is 2. The van der Waals surface area contributed by atoms with E-state index in [-0.39, 0.29) is 0 Å². The Balaban J connectivity index is 1.59. The molecule has 2 N–H and O–H groups in total. The van der Waals surface area contributed by atoms with E-state index in [4.69, 9.17) is 0 Å². The van der Waals surface area contributed by atoms with Gasteiger partial charge in [0.05, 0.1) is 22.5 Å². The van der Waals surface area contributed by atoms with Crippen molar-refractivity contribution in [1.29, 1.82) is 0 Å². The standard InChI is InChI=1S/C15H14N6S/c1-21(15-11-4-5-16-14(11)17-9-18-15)8-10-7-12(20-19-10)13-3-2-6-22-13/h2-7,9H,8H2,1H3,(H,19,20)(H,16,17,18).